The Morgan fingerprint density at radius 1 is 0.979 bits per heavy atom. The van der Waals surface area contributed by atoms with Crippen molar-refractivity contribution in [3.8, 4) is 0 Å². The topological polar surface area (TPSA) is 94.5 Å². The van der Waals surface area contributed by atoms with E-state index in [2.05, 4.69) is 35.6 Å². The zero-order valence-corrected chi connectivity index (χ0v) is 29.3. The van der Waals surface area contributed by atoms with Crippen LogP contribution in [0.3, 0.4) is 0 Å². The van der Waals surface area contributed by atoms with Gasteiger partial charge in [-0.15, -0.1) is 11.8 Å². The number of hydrogen-bond acceptors (Lipinski definition) is 6. The van der Waals surface area contributed by atoms with E-state index in [1.54, 1.807) is 22.9 Å². The second kappa shape index (κ2) is 13.6. The minimum absolute atomic E-state index is 0.0220. The molecule has 258 valence electrons. The molecule has 7 rings (SSSR count). The summed E-state index contributed by atoms with van der Waals surface area (Å²) in [5.41, 5.74) is 2.87. The van der Waals surface area contributed by atoms with E-state index < -0.39 is 5.25 Å². The van der Waals surface area contributed by atoms with E-state index in [0.29, 0.717) is 44.2 Å². The number of fused-ring (bicyclic) bond motifs is 1. The van der Waals surface area contributed by atoms with Crippen LogP contribution in [0.2, 0.25) is 0 Å². The molecule has 1 aliphatic carbocycles. The first-order valence-electron chi connectivity index (χ1n) is 17.9. The highest BCUT2D eigenvalue weighted by Crippen LogP contribution is 2.49. The molecule has 3 saturated heterocycles. The average Bonchev–Trinajstić information content (AvgIpc) is 3.54. The fraction of sp³-hybridized carbons (Fsp3) is 0.622. The Morgan fingerprint density at radius 2 is 1.73 bits per heavy atom. The van der Waals surface area contributed by atoms with Gasteiger partial charge >= 0.3 is 5.69 Å². The van der Waals surface area contributed by atoms with E-state index >= 15 is 4.39 Å². The van der Waals surface area contributed by atoms with Crippen LogP contribution in [0.15, 0.2) is 41.3 Å². The lowest BCUT2D eigenvalue weighted by Gasteiger charge is -2.42. The zero-order chi connectivity index (χ0) is 33.6. The van der Waals surface area contributed by atoms with Gasteiger partial charge in [0.05, 0.1) is 10.8 Å². The van der Waals surface area contributed by atoms with Crippen molar-refractivity contribution in [2.45, 2.75) is 107 Å². The summed E-state index contributed by atoms with van der Waals surface area (Å²) in [6.45, 7) is 10.1. The molecule has 48 heavy (non-hydrogen) atoms. The van der Waals surface area contributed by atoms with Gasteiger partial charge in [0.25, 0.3) is 0 Å². The molecule has 9 nitrogen and oxygen atoms in total. The van der Waals surface area contributed by atoms with E-state index in [-0.39, 0.29) is 52.5 Å². The largest absolute Gasteiger partial charge is 0.342 e. The zero-order valence-electron chi connectivity index (χ0n) is 28.5. The Labute approximate surface area is 286 Å². The smallest absolute Gasteiger partial charge is 0.327 e. The first-order chi connectivity index (χ1) is 23.1. The molecule has 2 atom stereocenters. The Bertz CT molecular complexity index is 1700. The Balaban J connectivity index is 1.06. The number of carbonyl (C=O) groups excluding carboxylic acids is 2. The van der Waals surface area contributed by atoms with Crippen LogP contribution in [0.1, 0.15) is 107 Å². The van der Waals surface area contributed by atoms with Gasteiger partial charge in [-0.1, -0.05) is 39.3 Å². The molecule has 1 saturated carbocycles. The van der Waals surface area contributed by atoms with Gasteiger partial charge in [0.15, 0.2) is 5.65 Å². The summed E-state index contributed by atoms with van der Waals surface area (Å²) in [7, 11) is 0. The number of aromatic nitrogens is 3. The van der Waals surface area contributed by atoms with Crippen LogP contribution in [-0.4, -0.2) is 85.1 Å². The van der Waals surface area contributed by atoms with Gasteiger partial charge in [-0.3, -0.25) is 19.1 Å². The normalized spacial score (nSPS) is 23.7. The lowest BCUT2D eigenvalue weighted by molar-refractivity contribution is -0.136. The van der Waals surface area contributed by atoms with E-state index in [4.69, 9.17) is 0 Å². The second-order valence-electron chi connectivity index (χ2n) is 15.4. The highest BCUT2D eigenvalue weighted by molar-refractivity contribution is 8.01. The molecule has 4 aliphatic rings. The van der Waals surface area contributed by atoms with Crippen molar-refractivity contribution in [3.05, 3.63) is 64.0 Å². The number of carbonyl (C=O) groups is 2. The number of imidazole rings is 1. The van der Waals surface area contributed by atoms with Crippen LogP contribution in [0.5, 0.6) is 0 Å². The van der Waals surface area contributed by atoms with Crippen molar-refractivity contribution in [1.82, 2.24) is 29.2 Å². The first-order valence-corrected chi connectivity index (χ1v) is 18.8. The number of H-pyrrole nitrogens is 1. The van der Waals surface area contributed by atoms with Crippen molar-refractivity contribution in [3.63, 3.8) is 0 Å². The van der Waals surface area contributed by atoms with Crippen LogP contribution >= 0.6 is 11.8 Å². The molecule has 0 radical (unpaired) electrons. The van der Waals surface area contributed by atoms with E-state index in [1.807, 2.05) is 28.0 Å². The summed E-state index contributed by atoms with van der Waals surface area (Å²) in [6, 6.07) is 9.76. The van der Waals surface area contributed by atoms with Crippen LogP contribution in [0.4, 0.5) is 4.39 Å². The molecule has 3 aliphatic heterocycles. The maximum atomic E-state index is 15.8. The fourth-order valence-corrected chi connectivity index (χ4v) is 9.64. The standard InChI is InChI=1S/C37H49FN6O3S/c1-37(2,3)16-22-43-34(46)30(23-31(45)42-20-14-26(15-21-42)44-29-11-6-17-39-33(29)40-36(44)47)48-35(43)27-9-5-10-28(38)32(27)24-12-18-41(19-13-24)25-7-4-8-25/h5-6,9-11,17,24-26,30,35H,4,7-8,12-16,18-23H2,1-3H3,(H,39,40,47)/t30-,35?/m1/s1. The summed E-state index contributed by atoms with van der Waals surface area (Å²) < 4.78 is 17.6. The van der Waals surface area contributed by atoms with Gasteiger partial charge in [0, 0.05) is 44.3 Å². The Hall–Kier alpha value is -3.18. The van der Waals surface area contributed by atoms with E-state index in [0.717, 1.165) is 49.0 Å². The number of rotatable bonds is 8. The van der Waals surface area contributed by atoms with Crippen LogP contribution < -0.4 is 5.69 Å². The highest BCUT2D eigenvalue weighted by atomic mass is 32.2. The number of halogens is 1. The Kier molecular flexibility index (Phi) is 9.45. The van der Waals surface area contributed by atoms with Crippen molar-refractivity contribution in [2.75, 3.05) is 32.7 Å². The van der Waals surface area contributed by atoms with Crippen molar-refractivity contribution in [2.24, 2.45) is 5.41 Å². The number of hydrogen-bond donors (Lipinski definition) is 1. The molecule has 2 amide bonds. The number of nitrogens with zero attached hydrogens (tertiary/aromatic N) is 5. The molecule has 5 heterocycles. The number of thioether (sulfide) groups is 1. The summed E-state index contributed by atoms with van der Waals surface area (Å²) in [4.78, 5) is 54.0. The lowest BCUT2D eigenvalue weighted by Crippen LogP contribution is -2.44. The van der Waals surface area contributed by atoms with E-state index in [9.17, 15) is 14.4 Å². The van der Waals surface area contributed by atoms with E-state index in [1.165, 1.54) is 31.0 Å². The minimum Gasteiger partial charge on any atom is -0.342 e. The molecular weight excluding hydrogens is 628 g/mol. The number of likely N-dealkylation sites (tertiary alicyclic amines) is 2. The summed E-state index contributed by atoms with van der Waals surface area (Å²) in [5.74, 6) is -0.108. The third-order valence-electron chi connectivity index (χ3n) is 11.2. The number of benzene rings is 1. The number of piperidine rings is 2. The van der Waals surface area contributed by atoms with Gasteiger partial charge in [-0.05, 0) is 98.7 Å². The molecule has 2 aromatic heterocycles. The van der Waals surface area contributed by atoms with Crippen LogP contribution in [0.25, 0.3) is 11.2 Å². The molecule has 1 N–H and O–H groups in total. The molecule has 1 aromatic carbocycles. The van der Waals surface area contributed by atoms with Crippen LogP contribution in [-0.2, 0) is 9.59 Å². The molecule has 1 unspecified atom stereocenters. The summed E-state index contributed by atoms with van der Waals surface area (Å²) in [6.07, 6.45) is 9.64. The van der Waals surface area contributed by atoms with Gasteiger partial charge in [-0.25, -0.2) is 14.2 Å². The first kappa shape index (κ1) is 33.3. The number of amides is 2. The van der Waals surface area contributed by atoms with Crippen molar-refractivity contribution >= 4 is 34.7 Å². The minimum atomic E-state index is -0.515. The maximum Gasteiger partial charge on any atom is 0.327 e. The van der Waals surface area contributed by atoms with Gasteiger partial charge in [0.1, 0.15) is 11.2 Å². The molecule has 0 bridgehead atoms. The second-order valence-corrected chi connectivity index (χ2v) is 16.7. The predicted octanol–water partition coefficient (Wildman–Crippen LogP) is 6.23. The third-order valence-corrected chi connectivity index (χ3v) is 12.6. The SMILES string of the molecule is CC(C)(C)CCN1C(=O)[C@@H](CC(=O)N2CCC(n3c(=O)[nH]c4ncccc43)CC2)SC1c1cccc(F)c1C1CCN(C2CCC2)CC1. The van der Waals surface area contributed by atoms with Gasteiger partial charge in [-0.2, -0.15) is 0 Å². The molecule has 3 aromatic rings. The quantitative estimate of drug-likeness (QED) is 0.304. The molecule has 11 heteroatoms. The summed E-state index contributed by atoms with van der Waals surface area (Å²) >= 11 is 1.53. The number of pyridine rings is 1. The molecular formula is C37H49FN6O3S. The predicted molar refractivity (Wildman–Crippen MR) is 187 cm³/mol. The fourth-order valence-electron chi connectivity index (χ4n) is 8.13. The van der Waals surface area contributed by atoms with Crippen molar-refractivity contribution < 1.29 is 14.0 Å². The van der Waals surface area contributed by atoms with Gasteiger partial charge in [0.2, 0.25) is 11.8 Å². The molecule has 4 fully saturated rings. The number of aromatic amines is 1. The third kappa shape index (κ3) is 6.69. The Morgan fingerprint density at radius 3 is 2.42 bits per heavy atom. The van der Waals surface area contributed by atoms with Crippen molar-refractivity contribution in [1.29, 1.82) is 0 Å². The number of nitrogens with one attached hydrogen (secondary N) is 1. The lowest BCUT2D eigenvalue weighted by atomic mass is 9.83. The highest BCUT2D eigenvalue weighted by Gasteiger charge is 2.44. The average molecular weight is 677 g/mol. The van der Waals surface area contributed by atoms with Crippen LogP contribution in [0, 0.1) is 11.2 Å². The maximum absolute atomic E-state index is 15.8. The monoisotopic (exact) mass is 676 g/mol. The van der Waals surface area contributed by atoms with Gasteiger partial charge < -0.3 is 14.7 Å². The summed E-state index contributed by atoms with van der Waals surface area (Å²) in [5, 5.41) is -0.833. The molecule has 0 spiro atoms.